The fourth-order valence-electron chi connectivity index (χ4n) is 14.0. The van der Waals surface area contributed by atoms with Crippen molar-refractivity contribution in [2.75, 3.05) is 0 Å². The molecule has 18 heterocycles. The van der Waals surface area contributed by atoms with Crippen molar-refractivity contribution in [3.05, 3.63) is 203 Å². The lowest BCUT2D eigenvalue weighted by atomic mass is 9.87. The van der Waals surface area contributed by atoms with E-state index in [9.17, 15) is 39.5 Å². The summed E-state index contributed by atoms with van der Waals surface area (Å²) in [5.74, 6) is -1.69. The molecule has 3 spiro atoms. The molecule has 3 unspecified atom stereocenters. The highest BCUT2D eigenvalue weighted by molar-refractivity contribution is 5.61. The van der Waals surface area contributed by atoms with Crippen LogP contribution in [0.2, 0.25) is 0 Å². The summed E-state index contributed by atoms with van der Waals surface area (Å²) < 4.78 is 144. The number of pyridine rings is 6. The van der Waals surface area contributed by atoms with Crippen molar-refractivity contribution in [2.24, 2.45) is 0 Å². The van der Waals surface area contributed by atoms with Crippen LogP contribution in [0.25, 0.3) is 68.6 Å². The maximum atomic E-state index is 13.7. The third-order valence-electron chi connectivity index (χ3n) is 18.2. The van der Waals surface area contributed by atoms with E-state index in [1.54, 1.807) is 27.9 Å². The van der Waals surface area contributed by atoms with Gasteiger partial charge in [0, 0.05) is 91.0 Å². The fourth-order valence-corrected chi connectivity index (χ4v) is 14.0. The molecule has 20 nitrogen and oxygen atoms in total. The van der Waals surface area contributed by atoms with E-state index in [1.165, 1.54) is 14.0 Å². The number of fused-ring (bicyclic) bond motifs is 30. The summed E-state index contributed by atoms with van der Waals surface area (Å²) in [5.41, 5.74) is 9.01. The average Bonchev–Trinajstić information content (AvgIpc) is 1.52. The molecule has 12 aromatic heterocycles. The number of hydrogen-bond acceptors (Lipinski definition) is 8. The number of alkyl halides is 9. The van der Waals surface area contributed by atoms with Gasteiger partial charge in [-0.05, 0) is 92.3 Å². The molecule has 0 aromatic carbocycles. The van der Waals surface area contributed by atoms with Crippen molar-refractivity contribution in [1.29, 1.82) is 0 Å². The predicted molar refractivity (Wildman–Crippen MR) is 316 cm³/mol. The van der Waals surface area contributed by atoms with Gasteiger partial charge >= 0.3 is 36.3 Å². The minimum absolute atomic E-state index is 0.0939. The van der Waals surface area contributed by atoms with Gasteiger partial charge in [0.1, 0.15) is 17.3 Å². The number of hydrogen-bond donors (Lipinski definition) is 0. The molecule has 0 amide bonds. The van der Waals surface area contributed by atoms with Gasteiger partial charge in [-0.25, -0.2) is 9.97 Å². The Bertz CT molecular complexity index is 5090. The van der Waals surface area contributed by atoms with E-state index in [0.29, 0.717) is 57.5 Å². The van der Waals surface area contributed by atoms with E-state index < -0.39 is 53.3 Å². The molecule has 29 heteroatoms. The van der Waals surface area contributed by atoms with Crippen LogP contribution in [-0.4, -0.2) is 68.7 Å². The van der Waals surface area contributed by atoms with Crippen molar-refractivity contribution >= 4 is 0 Å². The summed E-state index contributed by atoms with van der Waals surface area (Å²) in [5, 5.41) is 26.2. The Morgan fingerprint density at radius 1 is 0.326 bits per heavy atom. The maximum absolute atomic E-state index is 13.7. The van der Waals surface area contributed by atoms with Gasteiger partial charge < -0.3 is 0 Å². The van der Waals surface area contributed by atoms with Crippen LogP contribution >= 0.6 is 0 Å². The summed E-state index contributed by atoms with van der Waals surface area (Å²) in [7, 11) is 0. The maximum Gasteiger partial charge on any atom is 0.584 e. The van der Waals surface area contributed by atoms with Crippen LogP contribution in [0, 0.1) is 41.5 Å². The first-order valence-electron chi connectivity index (χ1n) is 30.4. The zero-order valence-corrected chi connectivity index (χ0v) is 53.1. The van der Waals surface area contributed by atoms with Gasteiger partial charge in [0.2, 0.25) is 34.4 Å². The summed E-state index contributed by atoms with van der Waals surface area (Å²) in [6, 6.07) is 30.4. The molecule has 0 saturated heterocycles. The van der Waals surface area contributed by atoms with E-state index in [1.807, 2.05) is 171 Å². The molecule has 0 fully saturated rings. The molecule has 0 N–H and O–H groups in total. The monoisotopic (exact) mass is 1300 g/mol. The first-order valence-corrected chi connectivity index (χ1v) is 30.4. The molecular formula is C66H59F9N20+6. The van der Waals surface area contributed by atoms with Crippen LogP contribution in [0.5, 0.6) is 0 Å². The van der Waals surface area contributed by atoms with Crippen LogP contribution < -0.4 is 27.4 Å². The quantitative estimate of drug-likeness (QED) is 0.108. The van der Waals surface area contributed by atoms with E-state index >= 15 is 0 Å². The van der Waals surface area contributed by atoms with Gasteiger partial charge in [0.05, 0.1) is 5.69 Å². The lowest BCUT2D eigenvalue weighted by Crippen LogP contribution is -2.77. The highest BCUT2D eigenvalue weighted by Crippen LogP contribution is 2.45. The minimum atomic E-state index is -4.57. The molecule has 6 aliphatic rings. The number of aryl methyl sites for hydroxylation is 6. The molecule has 0 radical (unpaired) electrons. The van der Waals surface area contributed by atoms with Crippen LogP contribution in [0.15, 0.2) is 140 Å². The van der Waals surface area contributed by atoms with Crippen molar-refractivity contribution in [1.82, 2.24) is 68.7 Å². The largest absolute Gasteiger partial charge is 0.584 e. The molecule has 6 aliphatic heterocycles. The summed E-state index contributed by atoms with van der Waals surface area (Å²) >= 11 is 0. The molecule has 0 bridgehead atoms. The third-order valence-corrected chi connectivity index (χ3v) is 18.2. The van der Waals surface area contributed by atoms with Gasteiger partial charge in [0.25, 0.3) is 11.4 Å². The molecule has 0 aliphatic carbocycles. The van der Waals surface area contributed by atoms with Gasteiger partial charge in [-0.1, -0.05) is 78.3 Å². The van der Waals surface area contributed by atoms with Crippen LogP contribution in [0.4, 0.5) is 39.5 Å². The van der Waals surface area contributed by atoms with Crippen molar-refractivity contribution in [2.45, 2.75) is 130 Å². The smallest absolute Gasteiger partial charge is 0.206 e. The second-order valence-electron chi connectivity index (χ2n) is 26.8. The van der Waals surface area contributed by atoms with E-state index in [0.717, 1.165) is 74.5 Å². The van der Waals surface area contributed by atoms with E-state index in [4.69, 9.17) is 5.10 Å². The van der Waals surface area contributed by atoms with Crippen LogP contribution in [0.3, 0.4) is 0 Å². The Morgan fingerprint density at radius 3 is 1.05 bits per heavy atom. The molecular weight excluding hydrogens is 1240 g/mol. The Labute approximate surface area is 534 Å². The summed E-state index contributed by atoms with van der Waals surface area (Å²) in [6.45, 7) is 23.9. The first-order chi connectivity index (χ1) is 44.7. The fraction of sp³-hybridized carbons (Fsp3) is 0.303. The van der Waals surface area contributed by atoms with Crippen LogP contribution in [-0.2, 0) is 47.1 Å². The zero-order valence-electron chi connectivity index (χ0n) is 53.1. The SMILES string of the molecule is Cc1cc[n+]2c(c1)-c1cc(C(F)(F)F)nn1C21n2nc(C)cc2-c2cc(C(C)(C)C)cc[n+]21.Cc1cc[n+]2c(c1)-c1cc(C(F)(F)F)nn1C21n2nc(C)nc2-c2cc(C(C)(C)C)cc[n+]21.Cc1cc[n+]2c(c1)-c1cc(C(F)(F)F)nn1C21n2nc(C)nc2-c2cccc[n+]21. The average molecular weight is 1300 g/mol. The lowest BCUT2D eigenvalue weighted by molar-refractivity contribution is -0.991. The standard InChI is InChI=1S/C24H23F3N6.C23H22F3N7.C19H14F3N7/c1-14-6-8-30-17(10-14)20-13-21(23(25,26)27)29-33(20)24(30)31-9-7-16(22(3,4)5)12-18(31)19-11-15(2)28-32(19)24;1-13-6-8-30-16(10-13)17-12-19(22(24,25)26)29-32(17)23(30)31-9-7-15(21(3,4)5)11-18(31)20-27-14(2)28-33(20)23;1-11-6-8-27-14(9-11)15-10-16(18(20,21)22)25-28(15)19(27)26-7-4-3-5-13(26)17-23-12(2)24-29(17)19/h6-13H,1-5H3;6-12H,1-5H3;3-10H,1-2H3/q3*+2. The Kier molecular flexibility index (Phi) is 11.8. The molecule has 12 aromatic rings. The number of halogens is 9. The molecule has 480 valence electrons. The van der Waals surface area contributed by atoms with Crippen molar-refractivity contribution in [3.63, 3.8) is 0 Å². The Hall–Kier alpha value is -10.6. The van der Waals surface area contributed by atoms with Gasteiger partial charge in [-0.3, -0.25) is 0 Å². The van der Waals surface area contributed by atoms with E-state index in [2.05, 4.69) is 83.1 Å². The highest BCUT2D eigenvalue weighted by atomic mass is 19.4. The molecule has 3 atom stereocenters. The molecule has 18 rings (SSSR count). The second kappa shape index (κ2) is 18.8. The van der Waals surface area contributed by atoms with Crippen molar-refractivity contribution < 1.29 is 66.9 Å². The minimum Gasteiger partial charge on any atom is -0.206 e. The van der Waals surface area contributed by atoms with Crippen LogP contribution in [0.1, 0.15) is 104 Å². The Morgan fingerprint density at radius 2 is 0.653 bits per heavy atom. The number of aromatic nitrogens is 20. The second-order valence-corrected chi connectivity index (χ2v) is 26.8. The molecule has 95 heavy (non-hydrogen) atoms. The Balaban J connectivity index is 0.000000113. The number of rotatable bonds is 0. The highest BCUT2D eigenvalue weighted by Gasteiger charge is 2.74. The van der Waals surface area contributed by atoms with E-state index in [-0.39, 0.29) is 10.8 Å². The third kappa shape index (κ3) is 7.96. The topological polar surface area (TPSA) is 156 Å². The zero-order chi connectivity index (χ0) is 67.1. The summed E-state index contributed by atoms with van der Waals surface area (Å²) in [4.78, 5) is 9.17. The lowest BCUT2D eigenvalue weighted by Gasteiger charge is -2.19. The first kappa shape index (κ1) is 59.4. The van der Waals surface area contributed by atoms with Gasteiger partial charge in [0.15, 0.2) is 71.3 Å². The van der Waals surface area contributed by atoms with Crippen molar-refractivity contribution in [3.8, 4) is 68.6 Å². The molecule has 0 saturated carbocycles. The predicted octanol–water partition coefficient (Wildman–Crippen LogP) is 8.78. The van der Waals surface area contributed by atoms with Gasteiger partial charge in [-0.15, -0.1) is 28.9 Å². The number of nitrogens with zero attached hydrogens (tertiary/aromatic N) is 20. The summed E-state index contributed by atoms with van der Waals surface area (Å²) in [6.07, 6.45) is -2.45. The van der Waals surface area contributed by atoms with Gasteiger partial charge in [-0.2, -0.15) is 59.9 Å². The normalized spacial score (nSPS) is 18.5.